The molecule has 2 rings (SSSR count). The van der Waals surface area contributed by atoms with Crippen molar-refractivity contribution in [2.75, 3.05) is 19.4 Å². The number of aliphatic imine (C=N–C) groups is 1. The maximum absolute atomic E-state index is 12.1. The zero-order valence-corrected chi connectivity index (χ0v) is 17.3. The van der Waals surface area contributed by atoms with Gasteiger partial charge in [-0.2, -0.15) is 0 Å². The summed E-state index contributed by atoms with van der Waals surface area (Å²) in [6.07, 6.45) is -4.71. The number of nitrogens with zero attached hydrogens (tertiary/aromatic N) is 2. The fourth-order valence-electron chi connectivity index (χ4n) is 2.22. The first-order chi connectivity index (χ1) is 12.2. The highest BCUT2D eigenvalue weighted by Gasteiger charge is 2.30. The van der Waals surface area contributed by atoms with E-state index in [0.29, 0.717) is 12.2 Å². The SMILES string of the molecule is CN(C)Cc1ccc(CN=C(N)Nc2ccc(OC(F)(F)F)cc2)cc1.I. The molecule has 0 unspecified atom stereocenters. The Morgan fingerprint density at radius 3 is 2.11 bits per heavy atom. The molecule has 0 saturated heterocycles. The number of anilines is 1. The van der Waals surface area contributed by atoms with Gasteiger partial charge in [0, 0.05) is 12.2 Å². The second-order valence-corrected chi connectivity index (χ2v) is 5.95. The van der Waals surface area contributed by atoms with E-state index in [1.807, 2.05) is 38.4 Å². The molecule has 0 bridgehead atoms. The van der Waals surface area contributed by atoms with Crippen molar-refractivity contribution in [1.82, 2.24) is 4.90 Å². The molecule has 27 heavy (non-hydrogen) atoms. The van der Waals surface area contributed by atoms with E-state index in [2.05, 4.69) is 19.9 Å². The second-order valence-electron chi connectivity index (χ2n) is 5.95. The van der Waals surface area contributed by atoms with Crippen LogP contribution in [0.15, 0.2) is 53.5 Å². The van der Waals surface area contributed by atoms with Crippen LogP contribution in [-0.4, -0.2) is 31.3 Å². The van der Waals surface area contributed by atoms with Crippen LogP contribution in [0.4, 0.5) is 18.9 Å². The lowest BCUT2D eigenvalue weighted by molar-refractivity contribution is -0.274. The monoisotopic (exact) mass is 494 g/mol. The Morgan fingerprint density at radius 2 is 1.59 bits per heavy atom. The van der Waals surface area contributed by atoms with Crippen molar-refractivity contribution in [3.63, 3.8) is 0 Å². The summed E-state index contributed by atoms with van der Waals surface area (Å²) in [7, 11) is 4.01. The standard InChI is InChI=1S/C18H21F3N4O.HI/c1-25(2)12-14-5-3-13(4-6-14)11-23-17(22)24-15-7-9-16(10-8-15)26-18(19,20)21;/h3-10H,11-12H2,1-2H3,(H3,22,23,24);1H. The molecule has 2 aromatic rings. The Morgan fingerprint density at radius 1 is 1.04 bits per heavy atom. The average Bonchev–Trinajstić information content (AvgIpc) is 2.54. The first kappa shape index (κ1) is 23.0. The third-order valence-electron chi connectivity index (χ3n) is 3.31. The Balaban J connectivity index is 0.00000364. The maximum atomic E-state index is 12.1. The fraction of sp³-hybridized carbons (Fsp3) is 0.278. The van der Waals surface area contributed by atoms with Gasteiger partial charge in [0.15, 0.2) is 5.96 Å². The van der Waals surface area contributed by atoms with Gasteiger partial charge >= 0.3 is 6.36 Å². The summed E-state index contributed by atoms with van der Waals surface area (Å²) in [5.41, 5.74) is 8.54. The van der Waals surface area contributed by atoms with Crippen molar-refractivity contribution >= 4 is 35.6 Å². The molecule has 0 amide bonds. The highest BCUT2D eigenvalue weighted by atomic mass is 127. The molecule has 148 valence electrons. The zero-order chi connectivity index (χ0) is 19.2. The van der Waals surface area contributed by atoms with Crippen molar-refractivity contribution in [2.45, 2.75) is 19.5 Å². The summed E-state index contributed by atoms with van der Waals surface area (Å²) in [5.74, 6) is -0.122. The van der Waals surface area contributed by atoms with E-state index in [1.165, 1.54) is 29.8 Å². The van der Waals surface area contributed by atoms with Gasteiger partial charge in [-0.05, 0) is 49.5 Å². The van der Waals surface area contributed by atoms with Gasteiger partial charge in [-0.25, -0.2) is 4.99 Å². The largest absolute Gasteiger partial charge is 0.573 e. The topological polar surface area (TPSA) is 62.9 Å². The number of ether oxygens (including phenoxy) is 1. The maximum Gasteiger partial charge on any atom is 0.573 e. The van der Waals surface area contributed by atoms with Crippen LogP contribution in [0, 0.1) is 0 Å². The molecule has 0 aliphatic rings. The van der Waals surface area contributed by atoms with E-state index >= 15 is 0 Å². The van der Waals surface area contributed by atoms with Gasteiger partial charge in [-0.15, -0.1) is 37.1 Å². The highest BCUT2D eigenvalue weighted by molar-refractivity contribution is 14.0. The number of halogens is 4. The van der Waals surface area contributed by atoms with Crippen LogP contribution in [0.25, 0.3) is 0 Å². The molecular weight excluding hydrogens is 472 g/mol. The van der Waals surface area contributed by atoms with Crippen LogP contribution in [0.3, 0.4) is 0 Å². The summed E-state index contributed by atoms with van der Waals surface area (Å²) in [5, 5.41) is 2.82. The van der Waals surface area contributed by atoms with Crippen LogP contribution >= 0.6 is 24.0 Å². The van der Waals surface area contributed by atoms with Crippen LogP contribution in [0.5, 0.6) is 5.75 Å². The van der Waals surface area contributed by atoms with Crippen molar-refractivity contribution < 1.29 is 17.9 Å². The quantitative estimate of drug-likeness (QED) is 0.359. The van der Waals surface area contributed by atoms with E-state index in [0.717, 1.165) is 12.1 Å². The number of guanidine groups is 1. The van der Waals surface area contributed by atoms with Crippen LogP contribution in [-0.2, 0) is 13.1 Å². The lowest BCUT2D eigenvalue weighted by atomic mass is 10.1. The average molecular weight is 494 g/mol. The Hall–Kier alpha value is -2.01. The van der Waals surface area contributed by atoms with E-state index in [-0.39, 0.29) is 35.7 Å². The number of nitrogens with two attached hydrogens (primary N) is 1. The Kier molecular flexibility index (Phi) is 8.83. The summed E-state index contributed by atoms with van der Waals surface area (Å²) >= 11 is 0. The molecule has 0 fully saturated rings. The van der Waals surface area contributed by atoms with Gasteiger partial charge in [0.05, 0.1) is 6.54 Å². The van der Waals surface area contributed by atoms with Gasteiger partial charge in [0.1, 0.15) is 5.75 Å². The van der Waals surface area contributed by atoms with Crippen molar-refractivity contribution in [1.29, 1.82) is 0 Å². The van der Waals surface area contributed by atoms with Gasteiger partial charge in [0.2, 0.25) is 0 Å². The minimum absolute atomic E-state index is 0. The van der Waals surface area contributed by atoms with E-state index in [1.54, 1.807) is 0 Å². The third kappa shape index (κ3) is 8.96. The summed E-state index contributed by atoms with van der Waals surface area (Å²) in [4.78, 5) is 6.31. The smallest absolute Gasteiger partial charge is 0.406 e. The number of hydrogen-bond acceptors (Lipinski definition) is 3. The molecule has 0 aliphatic heterocycles. The van der Waals surface area contributed by atoms with E-state index in [9.17, 15) is 13.2 Å². The summed E-state index contributed by atoms with van der Waals surface area (Å²) < 4.78 is 40.2. The van der Waals surface area contributed by atoms with Crippen LogP contribution in [0.1, 0.15) is 11.1 Å². The summed E-state index contributed by atoms with van der Waals surface area (Å²) in [6, 6.07) is 13.3. The lowest BCUT2D eigenvalue weighted by Gasteiger charge is -2.10. The van der Waals surface area contributed by atoms with Crippen molar-refractivity contribution in [3.05, 3.63) is 59.7 Å². The van der Waals surface area contributed by atoms with E-state index < -0.39 is 6.36 Å². The predicted molar refractivity (Wildman–Crippen MR) is 111 cm³/mol. The molecule has 3 N–H and O–H groups in total. The van der Waals surface area contributed by atoms with Gasteiger partial charge in [0.25, 0.3) is 0 Å². The fourth-order valence-corrected chi connectivity index (χ4v) is 2.22. The molecule has 0 atom stereocenters. The summed E-state index contributed by atoms with van der Waals surface area (Å²) in [6.45, 7) is 1.26. The Bertz CT molecular complexity index is 732. The molecule has 0 spiro atoms. The minimum Gasteiger partial charge on any atom is -0.406 e. The zero-order valence-electron chi connectivity index (χ0n) is 15.0. The predicted octanol–water partition coefficient (Wildman–Crippen LogP) is 4.19. The minimum atomic E-state index is -4.71. The van der Waals surface area contributed by atoms with Gasteiger partial charge in [-0.1, -0.05) is 24.3 Å². The molecule has 0 radical (unpaired) electrons. The molecule has 5 nitrogen and oxygen atoms in total. The van der Waals surface area contributed by atoms with Crippen molar-refractivity contribution in [3.8, 4) is 5.75 Å². The third-order valence-corrected chi connectivity index (χ3v) is 3.31. The van der Waals surface area contributed by atoms with Crippen LogP contribution in [0.2, 0.25) is 0 Å². The van der Waals surface area contributed by atoms with Gasteiger partial charge in [-0.3, -0.25) is 0 Å². The highest BCUT2D eigenvalue weighted by Crippen LogP contribution is 2.23. The molecule has 0 saturated carbocycles. The molecule has 0 heterocycles. The lowest BCUT2D eigenvalue weighted by Crippen LogP contribution is -2.22. The first-order valence-corrected chi connectivity index (χ1v) is 7.86. The molecule has 0 aromatic heterocycles. The molecular formula is C18H22F3IN4O. The molecule has 0 aliphatic carbocycles. The Labute approximate surface area is 173 Å². The first-order valence-electron chi connectivity index (χ1n) is 7.86. The molecule has 9 heteroatoms. The molecule has 2 aromatic carbocycles. The van der Waals surface area contributed by atoms with E-state index in [4.69, 9.17) is 5.73 Å². The number of hydrogen-bond donors (Lipinski definition) is 2. The number of nitrogens with one attached hydrogen (secondary N) is 1. The van der Waals surface area contributed by atoms with Crippen LogP contribution < -0.4 is 15.8 Å². The number of alkyl halides is 3. The van der Waals surface area contributed by atoms with Crippen molar-refractivity contribution in [2.24, 2.45) is 10.7 Å². The normalized spacial score (nSPS) is 11.9. The number of benzene rings is 2. The van der Waals surface area contributed by atoms with Gasteiger partial charge < -0.3 is 20.7 Å². The second kappa shape index (κ2) is 10.4. The number of rotatable bonds is 6.